The van der Waals surface area contributed by atoms with Crippen LogP contribution in [-0.2, 0) is 9.53 Å². The van der Waals surface area contributed by atoms with Crippen molar-refractivity contribution in [3.8, 4) is 0 Å². The molecular formula is C21H26ClFN2O3. The number of fused-ring (bicyclic) bond motifs is 1. The molecule has 0 radical (unpaired) electrons. The molecular weight excluding hydrogens is 383 g/mol. The van der Waals surface area contributed by atoms with Gasteiger partial charge in [0.2, 0.25) is 5.91 Å². The van der Waals surface area contributed by atoms with Crippen LogP contribution in [0, 0.1) is 23.6 Å². The van der Waals surface area contributed by atoms with E-state index in [1.807, 2.05) is 4.90 Å². The average Bonchev–Trinajstić information content (AvgIpc) is 3.39. The summed E-state index contributed by atoms with van der Waals surface area (Å²) in [5.41, 5.74) is 0.407. The van der Waals surface area contributed by atoms with Crippen LogP contribution in [0.2, 0.25) is 5.02 Å². The van der Waals surface area contributed by atoms with E-state index in [2.05, 4.69) is 5.32 Å². The second-order valence-electron chi connectivity index (χ2n) is 8.45. The van der Waals surface area contributed by atoms with Crippen LogP contribution in [0.5, 0.6) is 0 Å². The monoisotopic (exact) mass is 408 g/mol. The number of hydrogen-bond acceptors (Lipinski definition) is 3. The van der Waals surface area contributed by atoms with Crippen molar-refractivity contribution >= 4 is 23.4 Å². The van der Waals surface area contributed by atoms with E-state index in [-0.39, 0.29) is 29.0 Å². The Morgan fingerprint density at radius 2 is 1.96 bits per heavy atom. The van der Waals surface area contributed by atoms with Gasteiger partial charge in [-0.1, -0.05) is 11.6 Å². The molecule has 0 bridgehead atoms. The van der Waals surface area contributed by atoms with E-state index in [1.165, 1.54) is 38.0 Å². The van der Waals surface area contributed by atoms with E-state index >= 15 is 0 Å². The fraction of sp³-hybridized carbons (Fsp3) is 0.619. The Morgan fingerprint density at radius 3 is 2.61 bits per heavy atom. The maximum Gasteiger partial charge on any atom is 0.253 e. The SMILES string of the molecule is CC(=O)N[C@@H]1C[C@@H]2CN(C(=O)c3ccc(F)c(Cl)c3)C[C@@H]2C[C@H]1OCC1CC1. The minimum atomic E-state index is -0.526. The van der Waals surface area contributed by atoms with Crippen LogP contribution in [0.25, 0.3) is 0 Å². The van der Waals surface area contributed by atoms with Crippen molar-refractivity contribution in [2.24, 2.45) is 17.8 Å². The first-order chi connectivity index (χ1) is 13.4. The zero-order valence-electron chi connectivity index (χ0n) is 16.0. The fourth-order valence-corrected chi connectivity index (χ4v) is 4.71. The zero-order valence-corrected chi connectivity index (χ0v) is 16.8. The lowest BCUT2D eigenvalue weighted by Crippen LogP contribution is -2.50. The van der Waals surface area contributed by atoms with Crippen LogP contribution in [0.3, 0.4) is 0 Å². The maximum absolute atomic E-state index is 13.4. The number of nitrogens with zero attached hydrogens (tertiary/aromatic N) is 1. The first-order valence-electron chi connectivity index (χ1n) is 10.0. The molecule has 3 fully saturated rings. The van der Waals surface area contributed by atoms with Crippen LogP contribution in [0.1, 0.15) is 43.0 Å². The molecule has 1 aromatic carbocycles. The summed E-state index contributed by atoms with van der Waals surface area (Å²) in [5.74, 6) is 0.660. The van der Waals surface area contributed by atoms with E-state index in [9.17, 15) is 14.0 Å². The van der Waals surface area contributed by atoms with Gasteiger partial charge in [-0.3, -0.25) is 9.59 Å². The molecule has 0 spiro atoms. The number of amides is 2. The molecule has 2 saturated carbocycles. The molecule has 28 heavy (non-hydrogen) atoms. The van der Waals surface area contributed by atoms with Gasteiger partial charge in [0.25, 0.3) is 5.91 Å². The molecule has 5 nitrogen and oxygen atoms in total. The number of rotatable bonds is 5. The predicted molar refractivity (Wildman–Crippen MR) is 104 cm³/mol. The molecule has 7 heteroatoms. The average molecular weight is 409 g/mol. The number of nitrogens with one attached hydrogen (secondary N) is 1. The van der Waals surface area contributed by atoms with Crippen LogP contribution in [0.15, 0.2) is 18.2 Å². The minimum absolute atomic E-state index is 0.000989. The number of carbonyl (C=O) groups is 2. The summed E-state index contributed by atoms with van der Waals surface area (Å²) in [6.45, 7) is 3.60. The Kier molecular flexibility index (Phi) is 5.61. The van der Waals surface area contributed by atoms with Gasteiger partial charge in [0, 0.05) is 32.2 Å². The van der Waals surface area contributed by atoms with Gasteiger partial charge in [0.15, 0.2) is 0 Å². The topological polar surface area (TPSA) is 58.6 Å². The van der Waals surface area contributed by atoms with Gasteiger partial charge in [-0.05, 0) is 61.6 Å². The van der Waals surface area contributed by atoms with Crippen molar-refractivity contribution < 1.29 is 18.7 Å². The molecule has 0 aromatic heterocycles. The van der Waals surface area contributed by atoms with Gasteiger partial charge in [-0.2, -0.15) is 0 Å². The van der Waals surface area contributed by atoms with Crippen LogP contribution < -0.4 is 5.32 Å². The molecule has 1 saturated heterocycles. The molecule has 0 unspecified atom stereocenters. The van der Waals surface area contributed by atoms with Gasteiger partial charge >= 0.3 is 0 Å². The molecule has 1 aromatic rings. The van der Waals surface area contributed by atoms with Crippen molar-refractivity contribution in [2.45, 2.75) is 44.8 Å². The summed E-state index contributed by atoms with van der Waals surface area (Å²) < 4.78 is 19.6. The number of halogens is 2. The lowest BCUT2D eigenvalue weighted by Gasteiger charge is -2.38. The number of ether oxygens (including phenoxy) is 1. The standard InChI is InChI=1S/C21H26ClFN2O3/c1-12(26)24-19-7-15-9-25(21(27)14-4-5-18(23)17(22)6-14)10-16(15)8-20(19)28-11-13-2-3-13/h4-6,13,15-16,19-20H,2-3,7-11H2,1H3,(H,24,26)/t15-,16+,19-,20-/m1/s1. The smallest absolute Gasteiger partial charge is 0.253 e. The summed E-state index contributed by atoms with van der Waals surface area (Å²) in [5, 5.41) is 3.01. The summed E-state index contributed by atoms with van der Waals surface area (Å²) in [6.07, 6.45) is 4.11. The van der Waals surface area contributed by atoms with Gasteiger partial charge in [-0.25, -0.2) is 4.39 Å². The van der Waals surface area contributed by atoms with Crippen LogP contribution >= 0.6 is 11.6 Å². The van der Waals surface area contributed by atoms with E-state index < -0.39 is 5.82 Å². The summed E-state index contributed by atoms with van der Waals surface area (Å²) in [6, 6.07) is 4.09. The molecule has 4 atom stereocenters. The highest BCUT2D eigenvalue weighted by Gasteiger charge is 2.44. The highest BCUT2D eigenvalue weighted by atomic mass is 35.5. The van der Waals surface area contributed by atoms with E-state index in [4.69, 9.17) is 16.3 Å². The Labute approximate surface area is 169 Å². The van der Waals surface area contributed by atoms with E-state index in [0.29, 0.717) is 36.4 Å². The molecule has 1 N–H and O–H groups in total. The lowest BCUT2D eigenvalue weighted by atomic mass is 9.77. The van der Waals surface area contributed by atoms with Crippen molar-refractivity contribution in [2.75, 3.05) is 19.7 Å². The first kappa shape index (κ1) is 19.6. The van der Waals surface area contributed by atoms with Crippen molar-refractivity contribution in [1.82, 2.24) is 10.2 Å². The number of likely N-dealkylation sites (tertiary alicyclic amines) is 1. The van der Waals surface area contributed by atoms with Gasteiger partial charge in [0.1, 0.15) is 5.82 Å². The molecule has 152 valence electrons. The number of carbonyl (C=O) groups excluding carboxylic acids is 2. The van der Waals surface area contributed by atoms with Gasteiger partial charge in [0.05, 0.1) is 17.2 Å². The van der Waals surface area contributed by atoms with Crippen LogP contribution in [-0.4, -0.2) is 48.6 Å². The van der Waals surface area contributed by atoms with Gasteiger partial charge < -0.3 is 15.0 Å². The zero-order chi connectivity index (χ0) is 19.8. The third kappa shape index (κ3) is 4.33. The summed E-state index contributed by atoms with van der Waals surface area (Å²) >= 11 is 5.84. The molecule has 1 heterocycles. The quantitative estimate of drug-likeness (QED) is 0.813. The van der Waals surface area contributed by atoms with E-state index in [0.717, 1.165) is 19.4 Å². The Bertz CT molecular complexity index is 770. The highest BCUT2D eigenvalue weighted by molar-refractivity contribution is 6.31. The highest BCUT2D eigenvalue weighted by Crippen LogP contribution is 2.39. The third-order valence-corrected chi connectivity index (χ3v) is 6.49. The second-order valence-corrected chi connectivity index (χ2v) is 8.86. The first-order valence-corrected chi connectivity index (χ1v) is 10.4. The minimum Gasteiger partial charge on any atom is -0.376 e. The lowest BCUT2D eigenvalue weighted by molar-refractivity contribution is -0.122. The van der Waals surface area contributed by atoms with Crippen LogP contribution in [0.4, 0.5) is 4.39 Å². The molecule has 1 aliphatic heterocycles. The Morgan fingerprint density at radius 1 is 1.25 bits per heavy atom. The molecule has 2 amide bonds. The second kappa shape index (κ2) is 7.99. The molecule has 4 rings (SSSR count). The Hall–Kier alpha value is -1.66. The van der Waals surface area contributed by atoms with Crippen molar-refractivity contribution in [3.05, 3.63) is 34.6 Å². The summed E-state index contributed by atoms with van der Waals surface area (Å²) in [7, 11) is 0. The van der Waals surface area contributed by atoms with Crippen molar-refractivity contribution in [3.63, 3.8) is 0 Å². The van der Waals surface area contributed by atoms with Gasteiger partial charge in [-0.15, -0.1) is 0 Å². The van der Waals surface area contributed by atoms with E-state index in [1.54, 1.807) is 0 Å². The number of benzene rings is 1. The fourth-order valence-electron chi connectivity index (χ4n) is 4.53. The predicted octanol–water partition coefficient (Wildman–Crippen LogP) is 3.26. The molecule has 3 aliphatic rings. The third-order valence-electron chi connectivity index (χ3n) is 6.20. The normalized spacial score (nSPS) is 29.5. The number of hydrogen-bond donors (Lipinski definition) is 1. The largest absolute Gasteiger partial charge is 0.376 e. The Balaban J connectivity index is 1.43. The molecule has 2 aliphatic carbocycles. The summed E-state index contributed by atoms with van der Waals surface area (Å²) in [4.78, 5) is 26.3. The maximum atomic E-state index is 13.4. The van der Waals surface area contributed by atoms with Crippen molar-refractivity contribution in [1.29, 1.82) is 0 Å².